The fourth-order valence-electron chi connectivity index (χ4n) is 2.42. The summed E-state index contributed by atoms with van der Waals surface area (Å²) < 4.78 is 0. The monoisotopic (exact) mass is 253 g/mol. The van der Waals surface area contributed by atoms with Crippen molar-refractivity contribution in [2.45, 2.75) is 33.2 Å². The largest absolute Gasteiger partial charge is 0.382 e. The number of rotatable bonds is 5. The summed E-state index contributed by atoms with van der Waals surface area (Å²) in [5.41, 5.74) is 3.78. The standard InChI is InChI=1S/C18H23N/c1-4-17(14(2)3)19-18-13-9-8-12-16(18)15-10-6-5-7-11-15/h5-14,17,19H,4H2,1-3H3. The summed E-state index contributed by atoms with van der Waals surface area (Å²) in [7, 11) is 0. The third kappa shape index (κ3) is 3.37. The van der Waals surface area contributed by atoms with Crippen molar-refractivity contribution in [2.75, 3.05) is 5.32 Å². The lowest BCUT2D eigenvalue weighted by Crippen LogP contribution is -2.24. The summed E-state index contributed by atoms with van der Waals surface area (Å²) >= 11 is 0. The lowest BCUT2D eigenvalue weighted by atomic mass is 9.99. The van der Waals surface area contributed by atoms with E-state index in [2.05, 4.69) is 80.7 Å². The topological polar surface area (TPSA) is 12.0 Å². The van der Waals surface area contributed by atoms with Crippen molar-refractivity contribution in [2.24, 2.45) is 5.92 Å². The Morgan fingerprint density at radius 1 is 0.895 bits per heavy atom. The van der Waals surface area contributed by atoms with Crippen LogP contribution >= 0.6 is 0 Å². The zero-order chi connectivity index (χ0) is 13.7. The van der Waals surface area contributed by atoms with Crippen LogP contribution in [0.4, 0.5) is 5.69 Å². The first kappa shape index (κ1) is 13.7. The average Bonchev–Trinajstić information content (AvgIpc) is 2.45. The second-order valence-corrected chi connectivity index (χ2v) is 5.31. The van der Waals surface area contributed by atoms with E-state index in [-0.39, 0.29) is 0 Å². The van der Waals surface area contributed by atoms with Gasteiger partial charge in [0.15, 0.2) is 0 Å². The molecule has 0 amide bonds. The highest BCUT2D eigenvalue weighted by Gasteiger charge is 2.12. The Hall–Kier alpha value is -1.76. The van der Waals surface area contributed by atoms with Crippen LogP contribution in [0.1, 0.15) is 27.2 Å². The van der Waals surface area contributed by atoms with E-state index in [0.29, 0.717) is 12.0 Å². The molecule has 0 heterocycles. The predicted octanol–water partition coefficient (Wildman–Crippen LogP) is 5.20. The molecule has 0 radical (unpaired) electrons. The molecule has 19 heavy (non-hydrogen) atoms. The van der Waals surface area contributed by atoms with Crippen LogP contribution in [0, 0.1) is 5.92 Å². The van der Waals surface area contributed by atoms with Gasteiger partial charge in [-0.05, 0) is 24.0 Å². The third-order valence-corrected chi connectivity index (χ3v) is 3.60. The highest BCUT2D eigenvalue weighted by Crippen LogP contribution is 2.29. The highest BCUT2D eigenvalue weighted by atomic mass is 14.9. The zero-order valence-electron chi connectivity index (χ0n) is 12.1. The van der Waals surface area contributed by atoms with Crippen LogP contribution in [0.2, 0.25) is 0 Å². The third-order valence-electron chi connectivity index (χ3n) is 3.60. The molecule has 2 aromatic carbocycles. The van der Waals surface area contributed by atoms with Gasteiger partial charge < -0.3 is 5.32 Å². The van der Waals surface area contributed by atoms with E-state index in [1.807, 2.05) is 0 Å². The van der Waals surface area contributed by atoms with Gasteiger partial charge in [0.2, 0.25) is 0 Å². The molecule has 0 bridgehead atoms. The first-order valence-corrected chi connectivity index (χ1v) is 7.13. The molecular formula is C18H23N. The van der Waals surface area contributed by atoms with Crippen LogP contribution in [0.25, 0.3) is 11.1 Å². The molecule has 1 N–H and O–H groups in total. The van der Waals surface area contributed by atoms with E-state index in [4.69, 9.17) is 0 Å². The first-order chi connectivity index (χ1) is 9.22. The number of anilines is 1. The SMILES string of the molecule is CCC(Nc1ccccc1-c1ccccc1)C(C)C. The van der Waals surface area contributed by atoms with Gasteiger partial charge in [-0.25, -0.2) is 0 Å². The molecule has 1 nitrogen and oxygen atoms in total. The normalized spacial score (nSPS) is 12.4. The molecule has 0 saturated heterocycles. The smallest absolute Gasteiger partial charge is 0.0422 e. The summed E-state index contributed by atoms with van der Waals surface area (Å²) in [4.78, 5) is 0. The zero-order valence-corrected chi connectivity index (χ0v) is 12.1. The maximum absolute atomic E-state index is 3.70. The van der Waals surface area contributed by atoms with Crippen molar-refractivity contribution >= 4 is 5.69 Å². The average molecular weight is 253 g/mol. The number of nitrogens with one attached hydrogen (secondary N) is 1. The Kier molecular flexibility index (Phi) is 4.62. The second kappa shape index (κ2) is 6.42. The van der Waals surface area contributed by atoms with Gasteiger partial charge in [-0.3, -0.25) is 0 Å². The van der Waals surface area contributed by atoms with E-state index < -0.39 is 0 Å². The molecule has 0 spiro atoms. The molecule has 0 aliphatic carbocycles. The van der Waals surface area contributed by atoms with Gasteiger partial charge in [-0.15, -0.1) is 0 Å². The van der Waals surface area contributed by atoms with E-state index >= 15 is 0 Å². The minimum absolute atomic E-state index is 0.518. The van der Waals surface area contributed by atoms with E-state index in [0.717, 1.165) is 6.42 Å². The molecule has 0 aliphatic rings. The van der Waals surface area contributed by atoms with Crippen molar-refractivity contribution in [1.29, 1.82) is 0 Å². The highest BCUT2D eigenvalue weighted by molar-refractivity contribution is 5.77. The van der Waals surface area contributed by atoms with Gasteiger partial charge >= 0.3 is 0 Å². The quantitative estimate of drug-likeness (QED) is 0.772. The van der Waals surface area contributed by atoms with Gasteiger partial charge in [0.25, 0.3) is 0 Å². The van der Waals surface area contributed by atoms with Crippen molar-refractivity contribution in [1.82, 2.24) is 0 Å². The van der Waals surface area contributed by atoms with Crippen molar-refractivity contribution in [3.8, 4) is 11.1 Å². The fourth-order valence-corrected chi connectivity index (χ4v) is 2.42. The molecule has 0 fully saturated rings. The first-order valence-electron chi connectivity index (χ1n) is 7.13. The Labute approximate surface area is 116 Å². The van der Waals surface area contributed by atoms with E-state index in [9.17, 15) is 0 Å². The summed E-state index contributed by atoms with van der Waals surface area (Å²) in [6.45, 7) is 6.78. The molecule has 1 atom stereocenters. The number of benzene rings is 2. The maximum atomic E-state index is 3.70. The molecule has 2 rings (SSSR count). The maximum Gasteiger partial charge on any atom is 0.0422 e. The van der Waals surface area contributed by atoms with Crippen molar-refractivity contribution < 1.29 is 0 Å². The molecular weight excluding hydrogens is 230 g/mol. The molecule has 1 unspecified atom stereocenters. The molecule has 0 saturated carbocycles. The number of para-hydroxylation sites is 1. The molecule has 2 aromatic rings. The van der Waals surface area contributed by atoms with Crippen LogP contribution in [0.3, 0.4) is 0 Å². The van der Waals surface area contributed by atoms with E-state index in [1.54, 1.807) is 0 Å². The second-order valence-electron chi connectivity index (χ2n) is 5.31. The lowest BCUT2D eigenvalue weighted by Gasteiger charge is -2.23. The van der Waals surface area contributed by atoms with Gasteiger partial charge in [0.1, 0.15) is 0 Å². The van der Waals surface area contributed by atoms with Gasteiger partial charge in [-0.1, -0.05) is 69.3 Å². The Balaban J connectivity index is 2.32. The van der Waals surface area contributed by atoms with Crippen LogP contribution in [-0.4, -0.2) is 6.04 Å². The fraction of sp³-hybridized carbons (Fsp3) is 0.333. The van der Waals surface area contributed by atoms with Crippen LogP contribution in [0.15, 0.2) is 54.6 Å². The summed E-state index contributed by atoms with van der Waals surface area (Å²) in [6.07, 6.45) is 1.14. The minimum Gasteiger partial charge on any atom is -0.382 e. The minimum atomic E-state index is 0.518. The molecule has 100 valence electrons. The number of hydrogen-bond donors (Lipinski definition) is 1. The Morgan fingerprint density at radius 3 is 2.16 bits per heavy atom. The molecule has 1 heteroatoms. The Morgan fingerprint density at radius 2 is 1.53 bits per heavy atom. The van der Waals surface area contributed by atoms with E-state index in [1.165, 1.54) is 16.8 Å². The van der Waals surface area contributed by atoms with Crippen molar-refractivity contribution in [3.63, 3.8) is 0 Å². The molecule has 0 aromatic heterocycles. The Bertz CT molecular complexity index is 502. The van der Waals surface area contributed by atoms with Crippen LogP contribution in [0.5, 0.6) is 0 Å². The predicted molar refractivity (Wildman–Crippen MR) is 84.4 cm³/mol. The van der Waals surface area contributed by atoms with Crippen molar-refractivity contribution in [3.05, 3.63) is 54.6 Å². The van der Waals surface area contributed by atoms with Crippen LogP contribution < -0.4 is 5.32 Å². The summed E-state index contributed by atoms with van der Waals surface area (Å²) in [5.74, 6) is 0.633. The van der Waals surface area contributed by atoms with Crippen LogP contribution in [-0.2, 0) is 0 Å². The molecule has 0 aliphatic heterocycles. The van der Waals surface area contributed by atoms with Gasteiger partial charge in [0, 0.05) is 17.3 Å². The number of hydrogen-bond acceptors (Lipinski definition) is 1. The summed E-state index contributed by atoms with van der Waals surface area (Å²) in [5, 5.41) is 3.70. The van der Waals surface area contributed by atoms with Gasteiger partial charge in [-0.2, -0.15) is 0 Å². The summed E-state index contributed by atoms with van der Waals surface area (Å²) in [6, 6.07) is 19.6. The lowest BCUT2D eigenvalue weighted by molar-refractivity contribution is 0.511. The van der Waals surface area contributed by atoms with Gasteiger partial charge in [0.05, 0.1) is 0 Å².